The molecule has 13 heavy (non-hydrogen) atoms. The van der Waals surface area contributed by atoms with E-state index in [2.05, 4.69) is 9.97 Å². The molecule has 1 rings (SSSR count). The van der Waals surface area contributed by atoms with Crippen LogP contribution >= 0.6 is 0 Å². The van der Waals surface area contributed by atoms with Crippen molar-refractivity contribution in [3.8, 4) is 5.88 Å². The molecule has 1 unspecified atom stereocenters. The number of ether oxygens (including phenoxy) is 1. The standard InChI is InChI=1S/C9H14N2O2/c1-3-4-8(12)7-5-9(13-2)11-6-10-7/h5-6,8,12H,3-4H2,1-2H3. The molecular weight excluding hydrogens is 168 g/mol. The van der Waals surface area contributed by atoms with E-state index in [-0.39, 0.29) is 0 Å². The van der Waals surface area contributed by atoms with Gasteiger partial charge in [0.15, 0.2) is 0 Å². The Kier molecular flexibility index (Phi) is 3.64. The molecule has 0 spiro atoms. The fourth-order valence-corrected chi connectivity index (χ4v) is 1.07. The zero-order valence-corrected chi connectivity index (χ0v) is 7.90. The fraction of sp³-hybridized carbons (Fsp3) is 0.556. The third kappa shape index (κ3) is 2.66. The molecule has 0 aliphatic heterocycles. The molecule has 1 N–H and O–H groups in total. The summed E-state index contributed by atoms with van der Waals surface area (Å²) in [4.78, 5) is 7.82. The van der Waals surface area contributed by atoms with Crippen LogP contribution in [-0.2, 0) is 0 Å². The maximum absolute atomic E-state index is 9.59. The first-order chi connectivity index (χ1) is 6.27. The number of aromatic nitrogens is 2. The summed E-state index contributed by atoms with van der Waals surface area (Å²) in [5, 5.41) is 9.59. The zero-order chi connectivity index (χ0) is 9.68. The first kappa shape index (κ1) is 9.92. The summed E-state index contributed by atoms with van der Waals surface area (Å²) in [7, 11) is 1.54. The van der Waals surface area contributed by atoms with Gasteiger partial charge in [-0.2, -0.15) is 0 Å². The molecule has 0 aromatic carbocycles. The smallest absolute Gasteiger partial charge is 0.216 e. The van der Waals surface area contributed by atoms with Gasteiger partial charge < -0.3 is 9.84 Å². The molecule has 1 heterocycles. The molecule has 0 radical (unpaired) electrons. The minimum atomic E-state index is -0.512. The van der Waals surface area contributed by atoms with Crippen LogP contribution in [-0.4, -0.2) is 22.2 Å². The van der Waals surface area contributed by atoms with Gasteiger partial charge in [0.05, 0.1) is 18.9 Å². The first-order valence-electron chi connectivity index (χ1n) is 4.32. The lowest BCUT2D eigenvalue weighted by molar-refractivity contribution is 0.161. The van der Waals surface area contributed by atoms with Crippen molar-refractivity contribution in [1.29, 1.82) is 0 Å². The lowest BCUT2D eigenvalue weighted by Gasteiger charge is -2.08. The molecule has 1 aromatic heterocycles. The molecule has 0 fully saturated rings. The SMILES string of the molecule is CCCC(O)c1cc(OC)ncn1. The average molecular weight is 182 g/mol. The second kappa shape index (κ2) is 4.77. The van der Waals surface area contributed by atoms with E-state index >= 15 is 0 Å². The van der Waals surface area contributed by atoms with Crippen LogP contribution in [0.15, 0.2) is 12.4 Å². The third-order valence-corrected chi connectivity index (χ3v) is 1.78. The van der Waals surface area contributed by atoms with Gasteiger partial charge in [-0.1, -0.05) is 13.3 Å². The Morgan fingerprint density at radius 3 is 2.92 bits per heavy atom. The highest BCUT2D eigenvalue weighted by molar-refractivity contribution is 5.15. The largest absolute Gasteiger partial charge is 0.481 e. The van der Waals surface area contributed by atoms with Crippen LogP contribution in [0.1, 0.15) is 31.6 Å². The number of methoxy groups -OCH3 is 1. The van der Waals surface area contributed by atoms with Gasteiger partial charge in [0.25, 0.3) is 0 Å². The maximum atomic E-state index is 9.59. The molecule has 72 valence electrons. The summed E-state index contributed by atoms with van der Waals surface area (Å²) >= 11 is 0. The quantitative estimate of drug-likeness (QED) is 0.763. The normalized spacial score (nSPS) is 12.5. The Balaban J connectivity index is 2.75. The Morgan fingerprint density at radius 1 is 1.54 bits per heavy atom. The third-order valence-electron chi connectivity index (χ3n) is 1.78. The van der Waals surface area contributed by atoms with E-state index in [0.29, 0.717) is 18.0 Å². The maximum Gasteiger partial charge on any atom is 0.216 e. The molecule has 0 amide bonds. The van der Waals surface area contributed by atoms with Crippen LogP contribution < -0.4 is 4.74 Å². The van der Waals surface area contributed by atoms with Gasteiger partial charge >= 0.3 is 0 Å². The van der Waals surface area contributed by atoms with Gasteiger partial charge in [0, 0.05) is 6.07 Å². The highest BCUT2D eigenvalue weighted by Crippen LogP contribution is 2.17. The highest BCUT2D eigenvalue weighted by atomic mass is 16.5. The second-order valence-corrected chi connectivity index (χ2v) is 2.79. The first-order valence-corrected chi connectivity index (χ1v) is 4.32. The van der Waals surface area contributed by atoms with Crippen molar-refractivity contribution in [1.82, 2.24) is 9.97 Å². The lowest BCUT2D eigenvalue weighted by Crippen LogP contribution is -2.01. The number of aliphatic hydroxyl groups excluding tert-OH is 1. The Labute approximate surface area is 77.6 Å². The van der Waals surface area contributed by atoms with Crippen molar-refractivity contribution in [2.45, 2.75) is 25.9 Å². The molecule has 4 nitrogen and oxygen atoms in total. The number of hydrogen-bond acceptors (Lipinski definition) is 4. The minimum Gasteiger partial charge on any atom is -0.481 e. The molecule has 0 saturated heterocycles. The molecule has 0 saturated carbocycles. The highest BCUT2D eigenvalue weighted by Gasteiger charge is 2.08. The van der Waals surface area contributed by atoms with Gasteiger partial charge in [0.2, 0.25) is 5.88 Å². The summed E-state index contributed by atoms with van der Waals surface area (Å²) in [6.45, 7) is 2.02. The predicted octanol–water partition coefficient (Wildman–Crippen LogP) is 1.32. The second-order valence-electron chi connectivity index (χ2n) is 2.79. The summed E-state index contributed by atoms with van der Waals surface area (Å²) in [6, 6.07) is 1.65. The lowest BCUT2D eigenvalue weighted by atomic mass is 10.1. The van der Waals surface area contributed by atoms with Crippen molar-refractivity contribution in [2.24, 2.45) is 0 Å². The average Bonchev–Trinajstić information content (AvgIpc) is 2.18. The van der Waals surface area contributed by atoms with Gasteiger partial charge in [0.1, 0.15) is 6.33 Å². The molecular formula is C9H14N2O2. The summed E-state index contributed by atoms with van der Waals surface area (Å²) in [5.41, 5.74) is 0.619. The van der Waals surface area contributed by atoms with Crippen molar-refractivity contribution in [3.05, 3.63) is 18.1 Å². The molecule has 0 bridgehead atoms. The Hall–Kier alpha value is -1.16. The van der Waals surface area contributed by atoms with Gasteiger partial charge in [-0.15, -0.1) is 0 Å². The van der Waals surface area contributed by atoms with Gasteiger partial charge in [-0.25, -0.2) is 9.97 Å². The molecule has 0 aliphatic carbocycles. The molecule has 4 heteroatoms. The number of rotatable bonds is 4. The van der Waals surface area contributed by atoms with E-state index in [9.17, 15) is 5.11 Å². The van der Waals surface area contributed by atoms with Crippen LogP contribution in [0.3, 0.4) is 0 Å². The van der Waals surface area contributed by atoms with Gasteiger partial charge in [-0.05, 0) is 6.42 Å². The van der Waals surface area contributed by atoms with Crippen molar-refractivity contribution < 1.29 is 9.84 Å². The summed E-state index contributed by atoms with van der Waals surface area (Å²) < 4.78 is 4.92. The molecule has 1 aromatic rings. The predicted molar refractivity (Wildman–Crippen MR) is 48.5 cm³/mol. The van der Waals surface area contributed by atoms with Crippen LogP contribution in [0.25, 0.3) is 0 Å². The summed E-state index contributed by atoms with van der Waals surface area (Å²) in [5.74, 6) is 0.486. The number of hydrogen-bond donors (Lipinski definition) is 1. The Bertz CT molecular complexity index is 266. The minimum absolute atomic E-state index is 0.486. The number of nitrogens with zero attached hydrogens (tertiary/aromatic N) is 2. The van der Waals surface area contributed by atoms with Crippen LogP contribution in [0.4, 0.5) is 0 Å². The van der Waals surface area contributed by atoms with Gasteiger partial charge in [-0.3, -0.25) is 0 Å². The monoisotopic (exact) mass is 182 g/mol. The van der Waals surface area contributed by atoms with Crippen LogP contribution in [0.5, 0.6) is 5.88 Å². The van der Waals surface area contributed by atoms with Crippen molar-refractivity contribution in [3.63, 3.8) is 0 Å². The van der Waals surface area contributed by atoms with E-state index in [4.69, 9.17) is 4.74 Å². The van der Waals surface area contributed by atoms with E-state index in [1.165, 1.54) is 13.4 Å². The van der Waals surface area contributed by atoms with Crippen LogP contribution in [0, 0.1) is 0 Å². The van der Waals surface area contributed by atoms with E-state index in [1.807, 2.05) is 6.92 Å². The number of aliphatic hydroxyl groups is 1. The fourth-order valence-electron chi connectivity index (χ4n) is 1.07. The van der Waals surface area contributed by atoms with E-state index in [0.717, 1.165) is 6.42 Å². The van der Waals surface area contributed by atoms with Crippen molar-refractivity contribution >= 4 is 0 Å². The van der Waals surface area contributed by atoms with E-state index < -0.39 is 6.10 Å². The van der Waals surface area contributed by atoms with Crippen molar-refractivity contribution in [2.75, 3.05) is 7.11 Å². The van der Waals surface area contributed by atoms with Crippen LogP contribution in [0.2, 0.25) is 0 Å². The topological polar surface area (TPSA) is 55.2 Å². The summed E-state index contributed by atoms with van der Waals surface area (Å²) in [6.07, 6.45) is 2.52. The molecule has 1 atom stereocenters. The zero-order valence-electron chi connectivity index (χ0n) is 7.90. The molecule has 0 aliphatic rings. The van der Waals surface area contributed by atoms with E-state index in [1.54, 1.807) is 6.07 Å². The Morgan fingerprint density at radius 2 is 2.31 bits per heavy atom.